The van der Waals surface area contributed by atoms with E-state index in [2.05, 4.69) is 0 Å². The van der Waals surface area contributed by atoms with Gasteiger partial charge in [0.05, 0.1) is 5.69 Å². The molecular formula is C13H18F2N2. The predicted octanol–water partition coefficient (Wildman–Crippen LogP) is 2.71. The molecular weight excluding hydrogens is 222 g/mol. The number of hydrogen-bond acceptors (Lipinski definition) is 2. The summed E-state index contributed by atoms with van der Waals surface area (Å²) in [7, 11) is 0. The zero-order valence-corrected chi connectivity index (χ0v) is 9.81. The van der Waals surface area contributed by atoms with Crippen molar-refractivity contribution in [2.75, 3.05) is 12.3 Å². The first-order valence-electron chi connectivity index (χ1n) is 6.04. The maximum atomic E-state index is 13.4. The van der Waals surface area contributed by atoms with Crippen molar-refractivity contribution in [3.05, 3.63) is 29.3 Å². The summed E-state index contributed by atoms with van der Waals surface area (Å²) in [4.78, 5) is 0. The predicted molar refractivity (Wildman–Crippen MR) is 64.6 cm³/mol. The van der Waals surface area contributed by atoms with E-state index in [0.717, 1.165) is 31.2 Å². The van der Waals surface area contributed by atoms with Crippen LogP contribution in [0.1, 0.15) is 37.7 Å². The summed E-state index contributed by atoms with van der Waals surface area (Å²) in [5.74, 6) is -1.84. The van der Waals surface area contributed by atoms with Crippen LogP contribution in [0.3, 0.4) is 0 Å². The molecule has 0 aliphatic heterocycles. The first kappa shape index (κ1) is 12.3. The SMILES string of the molecule is NCC1(c2cc(N)c(F)c(F)c2)CCCCC1. The number of benzene rings is 1. The van der Waals surface area contributed by atoms with Crippen LogP contribution in [-0.4, -0.2) is 6.54 Å². The van der Waals surface area contributed by atoms with Gasteiger partial charge in [-0.15, -0.1) is 0 Å². The van der Waals surface area contributed by atoms with Crippen LogP contribution in [0.2, 0.25) is 0 Å². The Balaban J connectivity index is 2.43. The molecule has 0 spiro atoms. The minimum Gasteiger partial charge on any atom is -0.396 e. The van der Waals surface area contributed by atoms with E-state index in [0.29, 0.717) is 6.54 Å². The monoisotopic (exact) mass is 240 g/mol. The molecule has 17 heavy (non-hydrogen) atoms. The van der Waals surface area contributed by atoms with Crippen LogP contribution in [0.15, 0.2) is 12.1 Å². The van der Waals surface area contributed by atoms with Crippen molar-refractivity contribution in [3.63, 3.8) is 0 Å². The number of anilines is 1. The van der Waals surface area contributed by atoms with Crippen molar-refractivity contribution in [3.8, 4) is 0 Å². The van der Waals surface area contributed by atoms with Gasteiger partial charge in [0, 0.05) is 12.0 Å². The lowest BCUT2D eigenvalue weighted by molar-refractivity contribution is 0.299. The summed E-state index contributed by atoms with van der Waals surface area (Å²) in [5.41, 5.74) is 11.7. The smallest absolute Gasteiger partial charge is 0.181 e. The molecule has 0 aromatic heterocycles. The van der Waals surface area contributed by atoms with Gasteiger partial charge in [-0.25, -0.2) is 8.78 Å². The van der Waals surface area contributed by atoms with Crippen LogP contribution in [0.4, 0.5) is 14.5 Å². The molecule has 1 aromatic carbocycles. The Morgan fingerprint density at radius 2 is 1.76 bits per heavy atom. The molecule has 0 radical (unpaired) electrons. The average Bonchev–Trinajstić information content (AvgIpc) is 2.36. The second-order valence-electron chi connectivity index (χ2n) is 4.91. The van der Waals surface area contributed by atoms with E-state index in [4.69, 9.17) is 11.5 Å². The molecule has 1 aliphatic carbocycles. The Morgan fingerprint density at radius 1 is 1.12 bits per heavy atom. The van der Waals surface area contributed by atoms with Crippen LogP contribution in [0, 0.1) is 11.6 Å². The summed E-state index contributed by atoms with van der Waals surface area (Å²) < 4.78 is 26.6. The summed E-state index contributed by atoms with van der Waals surface area (Å²) in [6.45, 7) is 0.456. The second kappa shape index (κ2) is 4.61. The van der Waals surface area contributed by atoms with Crippen LogP contribution >= 0.6 is 0 Å². The molecule has 1 aliphatic rings. The molecule has 4 N–H and O–H groups in total. The normalized spacial score (nSPS) is 19.2. The number of nitrogens with two attached hydrogens (primary N) is 2. The minimum atomic E-state index is -0.961. The number of hydrogen-bond donors (Lipinski definition) is 2. The highest BCUT2D eigenvalue weighted by Crippen LogP contribution is 2.39. The van der Waals surface area contributed by atoms with Crippen LogP contribution in [0.5, 0.6) is 0 Å². The average molecular weight is 240 g/mol. The molecule has 0 unspecified atom stereocenters. The third-order valence-corrected chi connectivity index (χ3v) is 3.87. The molecule has 4 heteroatoms. The topological polar surface area (TPSA) is 52.0 Å². The zero-order valence-electron chi connectivity index (χ0n) is 9.81. The van der Waals surface area contributed by atoms with Gasteiger partial charge < -0.3 is 11.5 Å². The van der Waals surface area contributed by atoms with Crippen molar-refractivity contribution in [1.82, 2.24) is 0 Å². The standard InChI is InChI=1S/C13H18F2N2/c14-10-6-9(7-11(17)12(10)15)13(8-16)4-2-1-3-5-13/h6-7H,1-5,8,16-17H2. The van der Waals surface area contributed by atoms with Gasteiger partial charge in [0.1, 0.15) is 0 Å². The van der Waals surface area contributed by atoms with Gasteiger partial charge in [0.15, 0.2) is 11.6 Å². The molecule has 94 valence electrons. The van der Waals surface area contributed by atoms with Gasteiger partial charge in [-0.3, -0.25) is 0 Å². The summed E-state index contributed by atoms with van der Waals surface area (Å²) in [6, 6.07) is 2.79. The van der Waals surface area contributed by atoms with E-state index in [1.54, 1.807) is 0 Å². The summed E-state index contributed by atoms with van der Waals surface area (Å²) >= 11 is 0. The summed E-state index contributed by atoms with van der Waals surface area (Å²) in [6.07, 6.45) is 5.19. The van der Waals surface area contributed by atoms with Gasteiger partial charge in [0.2, 0.25) is 0 Å². The highest BCUT2D eigenvalue weighted by atomic mass is 19.2. The quantitative estimate of drug-likeness (QED) is 0.781. The fourth-order valence-corrected chi connectivity index (χ4v) is 2.76. The van der Waals surface area contributed by atoms with E-state index in [1.165, 1.54) is 18.6 Å². The van der Waals surface area contributed by atoms with Crippen molar-refractivity contribution in [2.24, 2.45) is 5.73 Å². The zero-order chi connectivity index (χ0) is 12.5. The van der Waals surface area contributed by atoms with Gasteiger partial charge in [0.25, 0.3) is 0 Å². The molecule has 1 fully saturated rings. The molecule has 2 rings (SSSR count). The van der Waals surface area contributed by atoms with Gasteiger partial charge in [-0.2, -0.15) is 0 Å². The molecule has 0 atom stereocenters. The lowest BCUT2D eigenvalue weighted by Gasteiger charge is -2.37. The number of nitrogen functional groups attached to an aromatic ring is 1. The summed E-state index contributed by atoms with van der Waals surface area (Å²) in [5, 5.41) is 0. The molecule has 1 saturated carbocycles. The Kier molecular flexibility index (Phi) is 3.33. The molecule has 0 saturated heterocycles. The maximum absolute atomic E-state index is 13.4. The molecule has 2 nitrogen and oxygen atoms in total. The van der Waals surface area contributed by atoms with E-state index in [1.807, 2.05) is 0 Å². The second-order valence-corrected chi connectivity index (χ2v) is 4.91. The van der Waals surface area contributed by atoms with Crippen molar-refractivity contribution < 1.29 is 8.78 Å². The Labute approximate surface area is 100.0 Å². The maximum Gasteiger partial charge on any atom is 0.181 e. The van der Waals surface area contributed by atoms with E-state index < -0.39 is 11.6 Å². The Morgan fingerprint density at radius 3 is 2.29 bits per heavy atom. The van der Waals surface area contributed by atoms with Gasteiger partial charge in [-0.1, -0.05) is 19.3 Å². The van der Waals surface area contributed by atoms with Gasteiger partial charge >= 0.3 is 0 Å². The van der Waals surface area contributed by atoms with Gasteiger partial charge in [-0.05, 0) is 30.5 Å². The Bertz CT molecular complexity index is 389. The fourth-order valence-electron chi connectivity index (χ4n) is 2.76. The van der Waals surface area contributed by atoms with Crippen molar-refractivity contribution in [2.45, 2.75) is 37.5 Å². The van der Waals surface area contributed by atoms with Crippen LogP contribution < -0.4 is 11.5 Å². The van der Waals surface area contributed by atoms with E-state index in [-0.39, 0.29) is 11.1 Å². The highest BCUT2D eigenvalue weighted by molar-refractivity contribution is 5.46. The third-order valence-electron chi connectivity index (χ3n) is 3.87. The van der Waals surface area contributed by atoms with E-state index >= 15 is 0 Å². The van der Waals surface area contributed by atoms with Crippen molar-refractivity contribution >= 4 is 5.69 Å². The molecule has 1 aromatic rings. The van der Waals surface area contributed by atoms with Crippen LogP contribution in [-0.2, 0) is 5.41 Å². The third kappa shape index (κ3) is 2.14. The van der Waals surface area contributed by atoms with Crippen molar-refractivity contribution in [1.29, 1.82) is 0 Å². The van der Waals surface area contributed by atoms with Crippen LogP contribution in [0.25, 0.3) is 0 Å². The first-order chi connectivity index (χ1) is 8.09. The lowest BCUT2D eigenvalue weighted by atomic mass is 9.69. The molecule has 0 amide bonds. The lowest BCUT2D eigenvalue weighted by Crippen LogP contribution is -2.37. The molecule has 0 bridgehead atoms. The van der Waals surface area contributed by atoms with E-state index in [9.17, 15) is 8.78 Å². The Hall–Kier alpha value is -1.16. The largest absolute Gasteiger partial charge is 0.396 e. The highest BCUT2D eigenvalue weighted by Gasteiger charge is 2.33. The fraction of sp³-hybridized carbons (Fsp3) is 0.538. The number of halogens is 2. The first-order valence-corrected chi connectivity index (χ1v) is 6.04. The molecule has 0 heterocycles. The minimum absolute atomic E-state index is 0.126. The number of rotatable bonds is 2.